The second kappa shape index (κ2) is 8.69. The van der Waals surface area contributed by atoms with Crippen molar-refractivity contribution in [2.45, 2.75) is 25.8 Å². The van der Waals surface area contributed by atoms with Gasteiger partial charge in [-0.25, -0.2) is 0 Å². The number of ether oxygens (including phenoxy) is 1. The standard InChI is InChI=1S/C21H24BrNO3/c1-2-26-19-12-6-4-10-17(19)20(16-9-3-5-11-18(16)22)23-13-7-8-15(14-23)21(24)25/h3-6,9-12,15,20H,2,7-8,13-14H2,1H3,(H,24,25). The van der Waals surface area contributed by atoms with Gasteiger partial charge in [-0.15, -0.1) is 0 Å². The second-order valence-corrected chi connectivity index (χ2v) is 7.42. The van der Waals surface area contributed by atoms with Crippen LogP contribution < -0.4 is 4.74 Å². The van der Waals surface area contributed by atoms with Crippen LogP contribution in [0.25, 0.3) is 0 Å². The zero-order valence-electron chi connectivity index (χ0n) is 14.9. The lowest BCUT2D eigenvalue weighted by atomic mass is 9.91. The van der Waals surface area contributed by atoms with Crippen LogP contribution in [0, 0.1) is 5.92 Å². The molecule has 1 aliphatic rings. The Morgan fingerprint density at radius 3 is 2.62 bits per heavy atom. The zero-order valence-corrected chi connectivity index (χ0v) is 16.5. The molecule has 2 aromatic carbocycles. The third-order valence-electron chi connectivity index (χ3n) is 4.88. The molecule has 138 valence electrons. The van der Waals surface area contributed by atoms with Crippen LogP contribution in [-0.2, 0) is 4.79 Å². The van der Waals surface area contributed by atoms with Crippen LogP contribution in [0.1, 0.15) is 36.9 Å². The lowest BCUT2D eigenvalue weighted by molar-refractivity contribution is -0.143. The SMILES string of the molecule is CCOc1ccccc1C(c1ccccc1Br)N1CCCC(C(=O)O)C1. The van der Waals surface area contributed by atoms with Crippen LogP contribution in [0.3, 0.4) is 0 Å². The molecule has 1 aliphatic heterocycles. The minimum atomic E-state index is -0.710. The molecular weight excluding hydrogens is 394 g/mol. The zero-order chi connectivity index (χ0) is 18.5. The Morgan fingerprint density at radius 2 is 1.92 bits per heavy atom. The van der Waals surface area contributed by atoms with Crippen LogP contribution in [0.5, 0.6) is 5.75 Å². The first-order valence-corrected chi connectivity index (χ1v) is 9.84. The van der Waals surface area contributed by atoms with E-state index in [2.05, 4.69) is 33.0 Å². The lowest BCUT2D eigenvalue weighted by Crippen LogP contribution is -2.41. The van der Waals surface area contributed by atoms with E-state index < -0.39 is 5.97 Å². The van der Waals surface area contributed by atoms with Crippen molar-refractivity contribution in [3.8, 4) is 5.75 Å². The van der Waals surface area contributed by atoms with Gasteiger partial charge >= 0.3 is 5.97 Å². The molecule has 0 amide bonds. The number of likely N-dealkylation sites (tertiary alicyclic amines) is 1. The van der Waals surface area contributed by atoms with E-state index in [4.69, 9.17) is 4.74 Å². The molecule has 0 aromatic heterocycles. The number of nitrogens with zero attached hydrogens (tertiary/aromatic N) is 1. The van der Waals surface area contributed by atoms with Gasteiger partial charge in [0.25, 0.3) is 0 Å². The Hall–Kier alpha value is -1.85. The topological polar surface area (TPSA) is 49.8 Å². The first-order valence-electron chi connectivity index (χ1n) is 9.04. The van der Waals surface area contributed by atoms with Gasteiger partial charge in [0, 0.05) is 16.6 Å². The fourth-order valence-electron chi connectivity index (χ4n) is 3.69. The highest BCUT2D eigenvalue weighted by molar-refractivity contribution is 9.10. The molecule has 0 aliphatic carbocycles. The normalized spacial score (nSPS) is 19.1. The van der Waals surface area contributed by atoms with Gasteiger partial charge in [0.1, 0.15) is 5.75 Å². The van der Waals surface area contributed by atoms with Gasteiger partial charge in [-0.2, -0.15) is 0 Å². The number of aliphatic carboxylic acids is 1. The van der Waals surface area contributed by atoms with Crippen LogP contribution in [0.4, 0.5) is 0 Å². The number of carbonyl (C=O) groups is 1. The minimum Gasteiger partial charge on any atom is -0.494 e. The number of hydrogen-bond donors (Lipinski definition) is 1. The number of carboxylic acids is 1. The molecule has 2 aromatic rings. The highest BCUT2D eigenvalue weighted by Gasteiger charge is 2.33. The minimum absolute atomic E-state index is 0.0459. The van der Waals surface area contributed by atoms with Crippen molar-refractivity contribution >= 4 is 21.9 Å². The molecule has 0 bridgehead atoms. The summed E-state index contributed by atoms with van der Waals surface area (Å²) in [6.07, 6.45) is 1.62. The number of hydrogen-bond acceptors (Lipinski definition) is 3. The first-order chi connectivity index (χ1) is 12.6. The third kappa shape index (κ3) is 4.10. The maximum atomic E-state index is 11.6. The maximum Gasteiger partial charge on any atom is 0.307 e. The molecule has 1 saturated heterocycles. The van der Waals surface area contributed by atoms with Gasteiger partial charge in [0.15, 0.2) is 0 Å². The molecule has 26 heavy (non-hydrogen) atoms. The maximum absolute atomic E-state index is 11.6. The van der Waals surface area contributed by atoms with Gasteiger partial charge < -0.3 is 9.84 Å². The first kappa shape index (κ1) is 18.9. The van der Waals surface area contributed by atoms with E-state index in [1.54, 1.807) is 0 Å². The Morgan fingerprint density at radius 1 is 1.23 bits per heavy atom. The molecule has 1 fully saturated rings. The largest absolute Gasteiger partial charge is 0.494 e. The average molecular weight is 418 g/mol. The third-order valence-corrected chi connectivity index (χ3v) is 5.60. The summed E-state index contributed by atoms with van der Waals surface area (Å²) < 4.78 is 6.91. The summed E-state index contributed by atoms with van der Waals surface area (Å²) in [6.45, 7) is 3.99. The van der Waals surface area contributed by atoms with E-state index in [0.29, 0.717) is 13.2 Å². The number of para-hydroxylation sites is 1. The number of carboxylic acid groups (broad SMARTS) is 1. The highest BCUT2D eigenvalue weighted by atomic mass is 79.9. The summed E-state index contributed by atoms with van der Waals surface area (Å²) >= 11 is 3.68. The molecule has 4 nitrogen and oxygen atoms in total. The summed E-state index contributed by atoms with van der Waals surface area (Å²) in [7, 11) is 0. The van der Waals surface area contributed by atoms with Crippen LogP contribution >= 0.6 is 15.9 Å². The summed E-state index contributed by atoms with van der Waals surface area (Å²) in [5, 5.41) is 9.51. The molecule has 0 spiro atoms. The highest BCUT2D eigenvalue weighted by Crippen LogP contribution is 2.39. The van der Waals surface area contributed by atoms with E-state index in [9.17, 15) is 9.90 Å². The lowest BCUT2D eigenvalue weighted by Gasteiger charge is -2.38. The van der Waals surface area contributed by atoms with Gasteiger partial charge in [-0.05, 0) is 44.0 Å². The molecule has 0 saturated carbocycles. The summed E-state index contributed by atoms with van der Waals surface area (Å²) in [5.74, 6) is -0.181. The van der Waals surface area contributed by atoms with Gasteiger partial charge in [0.2, 0.25) is 0 Å². The second-order valence-electron chi connectivity index (χ2n) is 6.57. The van der Waals surface area contributed by atoms with Crippen LogP contribution in [0.15, 0.2) is 53.0 Å². The summed E-state index contributed by atoms with van der Waals surface area (Å²) in [6, 6.07) is 16.2. The molecule has 2 atom stereocenters. The van der Waals surface area contributed by atoms with Crippen molar-refractivity contribution in [1.29, 1.82) is 0 Å². The smallest absolute Gasteiger partial charge is 0.307 e. The van der Waals surface area contributed by atoms with E-state index in [1.165, 1.54) is 0 Å². The van der Waals surface area contributed by atoms with Gasteiger partial charge in [0.05, 0.1) is 18.6 Å². The molecule has 1 N–H and O–H groups in total. The van der Waals surface area contributed by atoms with E-state index in [-0.39, 0.29) is 12.0 Å². The molecule has 5 heteroatoms. The van der Waals surface area contributed by atoms with E-state index in [0.717, 1.165) is 40.7 Å². The number of piperidine rings is 1. The Bertz CT molecular complexity index is 764. The van der Waals surface area contributed by atoms with E-state index >= 15 is 0 Å². The fourth-order valence-corrected chi connectivity index (χ4v) is 4.20. The Labute approximate surface area is 162 Å². The molecular formula is C21H24BrNO3. The van der Waals surface area contributed by atoms with Crippen molar-refractivity contribution in [3.05, 3.63) is 64.1 Å². The van der Waals surface area contributed by atoms with E-state index in [1.807, 2.05) is 43.3 Å². The number of benzene rings is 2. The van der Waals surface area contributed by atoms with Crippen molar-refractivity contribution in [3.63, 3.8) is 0 Å². The molecule has 1 heterocycles. The van der Waals surface area contributed by atoms with Gasteiger partial charge in [-0.3, -0.25) is 9.69 Å². The number of rotatable bonds is 6. The predicted octanol–water partition coefficient (Wildman–Crippen LogP) is 4.73. The van der Waals surface area contributed by atoms with Crippen molar-refractivity contribution in [1.82, 2.24) is 4.90 Å². The molecule has 3 rings (SSSR count). The predicted molar refractivity (Wildman–Crippen MR) is 106 cm³/mol. The average Bonchev–Trinajstić information content (AvgIpc) is 2.65. The fraction of sp³-hybridized carbons (Fsp3) is 0.381. The molecule has 0 radical (unpaired) electrons. The van der Waals surface area contributed by atoms with Crippen molar-refractivity contribution < 1.29 is 14.6 Å². The molecule has 2 unspecified atom stereocenters. The van der Waals surface area contributed by atoms with Crippen LogP contribution in [0.2, 0.25) is 0 Å². The summed E-state index contributed by atoms with van der Waals surface area (Å²) in [4.78, 5) is 13.8. The van der Waals surface area contributed by atoms with Crippen molar-refractivity contribution in [2.75, 3.05) is 19.7 Å². The monoisotopic (exact) mass is 417 g/mol. The summed E-state index contributed by atoms with van der Waals surface area (Å²) in [5.41, 5.74) is 2.21. The Kier molecular flexibility index (Phi) is 6.33. The quantitative estimate of drug-likeness (QED) is 0.737. The van der Waals surface area contributed by atoms with Crippen LogP contribution in [-0.4, -0.2) is 35.7 Å². The number of halogens is 1. The van der Waals surface area contributed by atoms with Crippen molar-refractivity contribution in [2.24, 2.45) is 5.92 Å². The Balaban J connectivity index is 2.06. The van der Waals surface area contributed by atoms with Gasteiger partial charge in [-0.1, -0.05) is 52.3 Å².